The summed E-state index contributed by atoms with van der Waals surface area (Å²) in [6.45, 7) is 4.60. The van der Waals surface area contributed by atoms with E-state index >= 15 is 0 Å². The Balaban J connectivity index is 2.14. The molecule has 0 aromatic carbocycles. The standard InChI is InChI=1S/C10H15N3O/c1-8-7-13(5-6-14-8)10-4-2-3-9(11)12-10/h2-4,8H,5-7H2,1H3,(H2,11,12)/t8-/m0/s1. The Morgan fingerprint density at radius 1 is 1.57 bits per heavy atom. The van der Waals surface area contributed by atoms with Crippen LogP contribution >= 0.6 is 0 Å². The van der Waals surface area contributed by atoms with Gasteiger partial charge in [0.05, 0.1) is 12.7 Å². The average molecular weight is 193 g/mol. The van der Waals surface area contributed by atoms with E-state index in [1.54, 1.807) is 6.07 Å². The quantitative estimate of drug-likeness (QED) is 0.719. The number of morpholine rings is 1. The lowest BCUT2D eigenvalue weighted by Gasteiger charge is -2.32. The number of anilines is 2. The number of nitrogens with zero attached hydrogens (tertiary/aromatic N) is 2. The molecule has 4 heteroatoms. The van der Waals surface area contributed by atoms with Crippen LogP contribution in [0.1, 0.15) is 6.92 Å². The molecule has 2 N–H and O–H groups in total. The van der Waals surface area contributed by atoms with Gasteiger partial charge in [-0.15, -0.1) is 0 Å². The summed E-state index contributed by atoms with van der Waals surface area (Å²) in [6.07, 6.45) is 0.270. The van der Waals surface area contributed by atoms with E-state index < -0.39 is 0 Å². The molecule has 0 unspecified atom stereocenters. The summed E-state index contributed by atoms with van der Waals surface area (Å²) >= 11 is 0. The van der Waals surface area contributed by atoms with E-state index in [-0.39, 0.29) is 6.10 Å². The molecule has 2 rings (SSSR count). The van der Waals surface area contributed by atoms with Crippen molar-refractivity contribution in [2.24, 2.45) is 0 Å². The Kier molecular flexibility index (Phi) is 2.54. The minimum absolute atomic E-state index is 0.270. The van der Waals surface area contributed by atoms with Crippen molar-refractivity contribution in [3.8, 4) is 0 Å². The maximum absolute atomic E-state index is 5.63. The number of hydrogen-bond donors (Lipinski definition) is 1. The smallest absolute Gasteiger partial charge is 0.131 e. The first-order valence-corrected chi connectivity index (χ1v) is 4.85. The first-order valence-electron chi connectivity index (χ1n) is 4.85. The molecule has 0 radical (unpaired) electrons. The maximum atomic E-state index is 5.63. The van der Waals surface area contributed by atoms with Crippen molar-refractivity contribution in [3.05, 3.63) is 18.2 Å². The normalized spacial score (nSPS) is 22.4. The molecule has 76 valence electrons. The molecule has 4 nitrogen and oxygen atoms in total. The van der Waals surface area contributed by atoms with Crippen LogP contribution in [0.4, 0.5) is 11.6 Å². The fraction of sp³-hybridized carbons (Fsp3) is 0.500. The van der Waals surface area contributed by atoms with E-state index in [1.807, 2.05) is 12.1 Å². The number of ether oxygens (including phenoxy) is 1. The van der Waals surface area contributed by atoms with Gasteiger partial charge in [-0.3, -0.25) is 0 Å². The molecule has 1 aromatic rings. The van der Waals surface area contributed by atoms with Crippen LogP contribution in [0.3, 0.4) is 0 Å². The van der Waals surface area contributed by atoms with E-state index in [1.165, 1.54) is 0 Å². The van der Waals surface area contributed by atoms with Crippen molar-refractivity contribution in [1.29, 1.82) is 0 Å². The lowest BCUT2D eigenvalue weighted by atomic mass is 10.3. The topological polar surface area (TPSA) is 51.4 Å². The second-order valence-corrected chi connectivity index (χ2v) is 3.55. The van der Waals surface area contributed by atoms with Gasteiger partial charge < -0.3 is 15.4 Å². The summed E-state index contributed by atoms with van der Waals surface area (Å²) in [5, 5.41) is 0. The molecule has 0 amide bonds. The lowest BCUT2D eigenvalue weighted by molar-refractivity contribution is 0.0529. The van der Waals surface area contributed by atoms with Gasteiger partial charge in [-0.25, -0.2) is 4.98 Å². The highest BCUT2D eigenvalue weighted by Gasteiger charge is 2.17. The van der Waals surface area contributed by atoms with Crippen molar-refractivity contribution in [2.75, 3.05) is 30.3 Å². The van der Waals surface area contributed by atoms with Gasteiger partial charge in [0.1, 0.15) is 11.6 Å². The number of pyridine rings is 1. The van der Waals surface area contributed by atoms with Crippen molar-refractivity contribution in [2.45, 2.75) is 13.0 Å². The number of nitrogen functional groups attached to an aromatic ring is 1. The molecule has 1 aliphatic heterocycles. The summed E-state index contributed by atoms with van der Waals surface area (Å²) in [5.74, 6) is 1.52. The SMILES string of the molecule is C[C@H]1CN(c2cccc(N)n2)CCO1. The van der Waals surface area contributed by atoms with Gasteiger partial charge >= 0.3 is 0 Å². The van der Waals surface area contributed by atoms with E-state index in [9.17, 15) is 0 Å². The van der Waals surface area contributed by atoms with E-state index in [4.69, 9.17) is 10.5 Å². The van der Waals surface area contributed by atoms with Crippen LogP contribution in [-0.4, -0.2) is 30.8 Å². The Hall–Kier alpha value is -1.29. The number of nitrogens with two attached hydrogens (primary N) is 1. The molecule has 1 atom stereocenters. The second kappa shape index (κ2) is 3.84. The minimum atomic E-state index is 0.270. The highest BCUT2D eigenvalue weighted by atomic mass is 16.5. The molecule has 14 heavy (non-hydrogen) atoms. The zero-order valence-electron chi connectivity index (χ0n) is 8.31. The molecule has 2 heterocycles. The summed E-state index contributed by atoms with van der Waals surface area (Å²) in [5.41, 5.74) is 5.63. The minimum Gasteiger partial charge on any atom is -0.384 e. The van der Waals surface area contributed by atoms with Crippen LogP contribution in [0.2, 0.25) is 0 Å². The fourth-order valence-electron chi connectivity index (χ4n) is 1.64. The summed E-state index contributed by atoms with van der Waals surface area (Å²) in [6, 6.07) is 5.71. The highest BCUT2D eigenvalue weighted by Crippen LogP contribution is 2.15. The van der Waals surface area contributed by atoms with E-state index in [2.05, 4.69) is 16.8 Å². The second-order valence-electron chi connectivity index (χ2n) is 3.55. The average Bonchev–Trinajstić information content (AvgIpc) is 2.18. The predicted octanol–water partition coefficient (Wildman–Crippen LogP) is 0.889. The predicted molar refractivity (Wildman–Crippen MR) is 56.3 cm³/mol. The maximum Gasteiger partial charge on any atom is 0.131 e. The largest absolute Gasteiger partial charge is 0.384 e. The molecule has 1 saturated heterocycles. The van der Waals surface area contributed by atoms with E-state index in [0.29, 0.717) is 5.82 Å². The Bertz CT molecular complexity index is 316. The number of rotatable bonds is 1. The van der Waals surface area contributed by atoms with Gasteiger partial charge in [0, 0.05) is 13.1 Å². The highest BCUT2D eigenvalue weighted by molar-refractivity contribution is 5.45. The van der Waals surface area contributed by atoms with Crippen molar-refractivity contribution in [1.82, 2.24) is 4.98 Å². The molecule has 0 bridgehead atoms. The van der Waals surface area contributed by atoms with E-state index in [0.717, 1.165) is 25.5 Å². The first kappa shape index (κ1) is 9.27. The van der Waals surface area contributed by atoms with Crippen LogP contribution in [-0.2, 0) is 4.74 Å². The van der Waals surface area contributed by atoms with Crippen molar-refractivity contribution in [3.63, 3.8) is 0 Å². The first-order chi connectivity index (χ1) is 6.75. The van der Waals surface area contributed by atoms with Crippen LogP contribution < -0.4 is 10.6 Å². The monoisotopic (exact) mass is 193 g/mol. The van der Waals surface area contributed by atoms with Crippen molar-refractivity contribution < 1.29 is 4.74 Å². The van der Waals surface area contributed by atoms with Gasteiger partial charge in [0.25, 0.3) is 0 Å². The third-order valence-electron chi connectivity index (χ3n) is 2.32. The van der Waals surface area contributed by atoms with Crippen molar-refractivity contribution >= 4 is 11.6 Å². The van der Waals surface area contributed by atoms with Gasteiger partial charge in [-0.1, -0.05) is 6.07 Å². The molecule has 0 aliphatic carbocycles. The molecule has 1 fully saturated rings. The molecule has 1 aliphatic rings. The molecule has 0 saturated carbocycles. The Labute approximate surface area is 83.7 Å². The Morgan fingerprint density at radius 3 is 3.14 bits per heavy atom. The summed E-state index contributed by atoms with van der Waals surface area (Å²) < 4.78 is 5.46. The van der Waals surface area contributed by atoms with Gasteiger partial charge in [0.15, 0.2) is 0 Å². The third-order valence-corrected chi connectivity index (χ3v) is 2.32. The summed E-state index contributed by atoms with van der Waals surface area (Å²) in [4.78, 5) is 6.48. The molecular weight excluding hydrogens is 178 g/mol. The van der Waals surface area contributed by atoms with Crippen LogP contribution in [0.25, 0.3) is 0 Å². The van der Waals surface area contributed by atoms with Gasteiger partial charge in [-0.2, -0.15) is 0 Å². The molecule has 0 spiro atoms. The molecular formula is C10H15N3O. The lowest BCUT2D eigenvalue weighted by Crippen LogP contribution is -2.41. The summed E-state index contributed by atoms with van der Waals surface area (Å²) in [7, 11) is 0. The number of hydrogen-bond acceptors (Lipinski definition) is 4. The third kappa shape index (κ3) is 1.96. The number of aromatic nitrogens is 1. The zero-order valence-corrected chi connectivity index (χ0v) is 8.31. The van der Waals surface area contributed by atoms with Crippen LogP contribution in [0.5, 0.6) is 0 Å². The van der Waals surface area contributed by atoms with Crippen LogP contribution in [0.15, 0.2) is 18.2 Å². The van der Waals surface area contributed by atoms with Crippen LogP contribution in [0, 0.1) is 0 Å². The van der Waals surface area contributed by atoms with Gasteiger partial charge in [0.2, 0.25) is 0 Å². The fourth-order valence-corrected chi connectivity index (χ4v) is 1.64. The Morgan fingerprint density at radius 2 is 2.43 bits per heavy atom. The van der Waals surface area contributed by atoms with Gasteiger partial charge in [-0.05, 0) is 19.1 Å². The zero-order chi connectivity index (χ0) is 9.97. The molecule has 1 aromatic heterocycles.